The van der Waals surface area contributed by atoms with Crippen molar-refractivity contribution in [1.82, 2.24) is 0 Å². The molecular formula is C16H19F2NO2. The van der Waals surface area contributed by atoms with Crippen molar-refractivity contribution in [3.05, 3.63) is 35.4 Å². The van der Waals surface area contributed by atoms with Crippen LogP contribution in [0.25, 0.3) is 6.08 Å². The van der Waals surface area contributed by atoms with E-state index in [4.69, 9.17) is 5.11 Å². The Balaban J connectivity index is 2.35. The monoisotopic (exact) mass is 295 g/mol. The smallest absolute Gasteiger partial charge is 0.328 e. The van der Waals surface area contributed by atoms with E-state index in [1.54, 1.807) is 4.90 Å². The van der Waals surface area contributed by atoms with Crippen LogP contribution in [-0.2, 0) is 4.79 Å². The summed E-state index contributed by atoms with van der Waals surface area (Å²) in [5.74, 6) is -2.08. The molecule has 21 heavy (non-hydrogen) atoms. The zero-order valence-electron chi connectivity index (χ0n) is 12.1. The van der Waals surface area contributed by atoms with Crippen LogP contribution in [0.3, 0.4) is 0 Å². The fourth-order valence-electron chi connectivity index (χ4n) is 2.77. The maximum Gasteiger partial charge on any atom is 0.328 e. The maximum atomic E-state index is 14.3. The zero-order chi connectivity index (χ0) is 15.6. The molecule has 2 atom stereocenters. The summed E-state index contributed by atoms with van der Waals surface area (Å²) >= 11 is 0. The molecule has 1 aromatic carbocycles. The third kappa shape index (κ3) is 3.40. The SMILES string of the molecule is CC1CCCN(c2c(F)cc(C=CC(=O)O)cc2F)C1C. The number of nitrogens with zero attached hydrogens (tertiary/aromatic N) is 1. The van der Waals surface area contributed by atoms with Crippen LogP contribution in [0.15, 0.2) is 18.2 Å². The van der Waals surface area contributed by atoms with Crippen LogP contribution in [0.2, 0.25) is 0 Å². The molecule has 2 rings (SSSR count). The molecule has 1 aromatic rings. The van der Waals surface area contributed by atoms with Crippen molar-refractivity contribution in [2.24, 2.45) is 5.92 Å². The van der Waals surface area contributed by atoms with Crippen molar-refractivity contribution in [3.63, 3.8) is 0 Å². The van der Waals surface area contributed by atoms with E-state index in [-0.39, 0.29) is 17.3 Å². The zero-order valence-corrected chi connectivity index (χ0v) is 12.1. The van der Waals surface area contributed by atoms with E-state index in [1.165, 1.54) is 18.2 Å². The molecule has 1 heterocycles. The first-order valence-corrected chi connectivity index (χ1v) is 7.07. The second-order valence-corrected chi connectivity index (χ2v) is 5.56. The van der Waals surface area contributed by atoms with Crippen LogP contribution in [-0.4, -0.2) is 23.7 Å². The molecule has 1 fully saturated rings. The molecule has 1 saturated heterocycles. The van der Waals surface area contributed by atoms with Crippen LogP contribution < -0.4 is 4.90 Å². The summed E-state index contributed by atoms with van der Waals surface area (Å²) in [5, 5.41) is 8.55. The fourth-order valence-corrected chi connectivity index (χ4v) is 2.77. The lowest BCUT2D eigenvalue weighted by atomic mass is 9.91. The van der Waals surface area contributed by atoms with Gasteiger partial charge >= 0.3 is 5.97 Å². The normalized spacial score (nSPS) is 22.8. The highest BCUT2D eigenvalue weighted by Crippen LogP contribution is 2.33. The van der Waals surface area contributed by atoms with Gasteiger partial charge in [0, 0.05) is 18.7 Å². The van der Waals surface area contributed by atoms with Gasteiger partial charge in [-0.3, -0.25) is 0 Å². The molecule has 5 heteroatoms. The van der Waals surface area contributed by atoms with E-state index < -0.39 is 17.6 Å². The van der Waals surface area contributed by atoms with Gasteiger partial charge in [0.1, 0.15) is 17.3 Å². The number of carbonyl (C=O) groups is 1. The maximum absolute atomic E-state index is 14.3. The summed E-state index contributed by atoms with van der Waals surface area (Å²) in [7, 11) is 0. The summed E-state index contributed by atoms with van der Waals surface area (Å²) in [6, 6.07) is 2.41. The van der Waals surface area contributed by atoms with Crippen molar-refractivity contribution in [2.45, 2.75) is 32.7 Å². The minimum atomic E-state index is -1.15. The quantitative estimate of drug-likeness (QED) is 0.865. The highest BCUT2D eigenvalue weighted by Gasteiger charge is 2.28. The first-order chi connectivity index (χ1) is 9.90. The molecule has 0 radical (unpaired) electrons. The number of rotatable bonds is 3. The van der Waals surface area contributed by atoms with Gasteiger partial charge in [0.05, 0.1) is 0 Å². The van der Waals surface area contributed by atoms with Crippen LogP contribution in [0.1, 0.15) is 32.3 Å². The molecule has 0 bridgehead atoms. The van der Waals surface area contributed by atoms with E-state index >= 15 is 0 Å². The molecule has 1 N–H and O–H groups in total. The average molecular weight is 295 g/mol. The number of hydrogen-bond donors (Lipinski definition) is 1. The second kappa shape index (κ2) is 6.24. The minimum Gasteiger partial charge on any atom is -0.478 e. The number of anilines is 1. The lowest BCUT2D eigenvalue weighted by Crippen LogP contribution is -2.43. The Bertz CT molecular complexity index is 548. The summed E-state index contributed by atoms with van der Waals surface area (Å²) in [5.41, 5.74) is 0.190. The Morgan fingerprint density at radius 1 is 1.33 bits per heavy atom. The Kier molecular flexibility index (Phi) is 4.60. The third-order valence-electron chi connectivity index (χ3n) is 4.12. The van der Waals surface area contributed by atoms with Gasteiger partial charge in [-0.25, -0.2) is 13.6 Å². The van der Waals surface area contributed by atoms with Crippen LogP contribution >= 0.6 is 0 Å². The van der Waals surface area contributed by atoms with Gasteiger partial charge in [0.2, 0.25) is 0 Å². The van der Waals surface area contributed by atoms with Crippen molar-refractivity contribution in [1.29, 1.82) is 0 Å². The van der Waals surface area contributed by atoms with E-state index in [0.717, 1.165) is 18.9 Å². The summed E-state index contributed by atoms with van der Waals surface area (Å²) in [6.07, 6.45) is 4.01. The van der Waals surface area contributed by atoms with Gasteiger partial charge in [-0.2, -0.15) is 0 Å². The van der Waals surface area contributed by atoms with Gasteiger partial charge in [-0.1, -0.05) is 6.92 Å². The number of benzene rings is 1. The molecule has 1 aliphatic heterocycles. The van der Waals surface area contributed by atoms with E-state index in [2.05, 4.69) is 6.92 Å². The molecule has 3 nitrogen and oxygen atoms in total. The van der Waals surface area contributed by atoms with Gasteiger partial charge in [-0.05, 0) is 49.5 Å². The molecule has 0 aromatic heterocycles. The van der Waals surface area contributed by atoms with E-state index in [1.807, 2.05) is 6.92 Å². The topological polar surface area (TPSA) is 40.5 Å². The summed E-state index contributed by atoms with van der Waals surface area (Å²) in [4.78, 5) is 12.2. The first kappa shape index (κ1) is 15.5. The molecule has 0 saturated carbocycles. The Morgan fingerprint density at radius 2 is 1.95 bits per heavy atom. The number of carboxylic acid groups (broad SMARTS) is 1. The Morgan fingerprint density at radius 3 is 2.52 bits per heavy atom. The van der Waals surface area contributed by atoms with Gasteiger partial charge < -0.3 is 10.0 Å². The number of carboxylic acids is 1. The Labute approximate surface area is 122 Å². The molecular weight excluding hydrogens is 276 g/mol. The first-order valence-electron chi connectivity index (χ1n) is 7.07. The number of halogens is 2. The van der Waals surface area contributed by atoms with Gasteiger partial charge in [0.25, 0.3) is 0 Å². The van der Waals surface area contributed by atoms with Crippen LogP contribution in [0, 0.1) is 17.6 Å². The highest BCUT2D eigenvalue weighted by atomic mass is 19.1. The largest absolute Gasteiger partial charge is 0.478 e. The van der Waals surface area contributed by atoms with E-state index in [9.17, 15) is 13.6 Å². The van der Waals surface area contributed by atoms with Crippen LogP contribution in [0.4, 0.5) is 14.5 Å². The standard InChI is InChI=1S/C16H19F2NO2/c1-10-4-3-7-19(11(10)2)16-13(17)8-12(9-14(16)18)5-6-15(20)21/h5-6,8-11H,3-4,7H2,1-2H3,(H,20,21). The Hall–Kier alpha value is -1.91. The van der Waals surface area contributed by atoms with Gasteiger partial charge in [0.15, 0.2) is 0 Å². The number of hydrogen-bond acceptors (Lipinski definition) is 2. The number of piperidine rings is 1. The average Bonchev–Trinajstić information content (AvgIpc) is 2.40. The second-order valence-electron chi connectivity index (χ2n) is 5.56. The van der Waals surface area contributed by atoms with Crippen LogP contribution in [0.5, 0.6) is 0 Å². The molecule has 2 unspecified atom stereocenters. The van der Waals surface area contributed by atoms with Gasteiger partial charge in [-0.15, -0.1) is 0 Å². The molecule has 0 amide bonds. The molecule has 0 spiro atoms. The summed E-state index contributed by atoms with van der Waals surface area (Å²) < 4.78 is 28.5. The summed E-state index contributed by atoms with van der Waals surface area (Å²) in [6.45, 7) is 4.68. The van der Waals surface area contributed by atoms with Crippen molar-refractivity contribution in [2.75, 3.05) is 11.4 Å². The highest BCUT2D eigenvalue weighted by molar-refractivity contribution is 5.85. The van der Waals surface area contributed by atoms with Crippen molar-refractivity contribution < 1.29 is 18.7 Å². The molecule has 1 aliphatic rings. The third-order valence-corrected chi connectivity index (χ3v) is 4.12. The number of aliphatic carboxylic acids is 1. The minimum absolute atomic E-state index is 0.0125. The lowest BCUT2D eigenvalue weighted by molar-refractivity contribution is -0.131. The van der Waals surface area contributed by atoms with Crippen molar-refractivity contribution >= 4 is 17.7 Å². The molecule has 0 aliphatic carbocycles. The fraction of sp³-hybridized carbons (Fsp3) is 0.438. The predicted molar refractivity (Wildman–Crippen MR) is 78.2 cm³/mol. The molecule has 114 valence electrons. The van der Waals surface area contributed by atoms with E-state index in [0.29, 0.717) is 12.5 Å². The predicted octanol–water partition coefficient (Wildman–Crippen LogP) is 3.69. The lowest BCUT2D eigenvalue weighted by Gasteiger charge is -2.39. The van der Waals surface area contributed by atoms with Crippen molar-refractivity contribution in [3.8, 4) is 0 Å².